The number of Topliss-reactive ketones (excluding diaryl/α,β-unsaturated/α-hetero) is 1. The first-order chi connectivity index (χ1) is 13.6. The lowest BCUT2D eigenvalue weighted by molar-refractivity contribution is 0.102. The van der Waals surface area contributed by atoms with Crippen molar-refractivity contribution in [2.24, 2.45) is 0 Å². The van der Waals surface area contributed by atoms with Gasteiger partial charge in [-0.2, -0.15) is 0 Å². The van der Waals surface area contributed by atoms with Crippen LogP contribution in [0.2, 0.25) is 4.34 Å². The molecule has 10 heteroatoms. The molecular formula is C18H15ClN4OS4. The van der Waals surface area contributed by atoms with E-state index in [9.17, 15) is 4.79 Å². The van der Waals surface area contributed by atoms with Crippen LogP contribution >= 0.6 is 57.8 Å². The van der Waals surface area contributed by atoms with Crippen LogP contribution < -0.4 is 0 Å². The maximum absolute atomic E-state index is 12.3. The van der Waals surface area contributed by atoms with Crippen LogP contribution in [0.3, 0.4) is 0 Å². The quantitative estimate of drug-likeness (QED) is 0.238. The Kier molecular flexibility index (Phi) is 6.37. The smallest absolute Gasteiger partial charge is 0.191 e. The van der Waals surface area contributed by atoms with E-state index in [1.54, 1.807) is 35.2 Å². The van der Waals surface area contributed by atoms with E-state index in [1.807, 2.05) is 18.2 Å². The van der Waals surface area contributed by atoms with Gasteiger partial charge in [-0.25, -0.2) is 4.98 Å². The Morgan fingerprint density at radius 2 is 2.00 bits per heavy atom. The number of aromatic nitrogens is 4. The number of hydrogen-bond acceptors (Lipinski definition) is 8. The van der Waals surface area contributed by atoms with Crippen molar-refractivity contribution >= 4 is 73.8 Å². The van der Waals surface area contributed by atoms with Gasteiger partial charge in [0.25, 0.3) is 0 Å². The minimum atomic E-state index is 0.0537. The number of nitrogens with zero attached hydrogens (tertiary/aromatic N) is 4. The van der Waals surface area contributed by atoms with Crippen LogP contribution in [0.4, 0.5) is 0 Å². The third kappa shape index (κ3) is 4.44. The van der Waals surface area contributed by atoms with Crippen molar-refractivity contribution in [2.45, 2.75) is 28.7 Å². The zero-order valence-corrected chi connectivity index (χ0v) is 18.8. The van der Waals surface area contributed by atoms with E-state index in [4.69, 9.17) is 11.6 Å². The van der Waals surface area contributed by atoms with E-state index < -0.39 is 0 Å². The van der Waals surface area contributed by atoms with Crippen LogP contribution in [0.25, 0.3) is 10.2 Å². The highest BCUT2D eigenvalue weighted by Crippen LogP contribution is 2.32. The lowest BCUT2D eigenvalue weighted by Gasteiger charge is -2.06. The number of thiophene rings is 1. The fraction of sp³-hybridized carbons (Fsp3) is 0.222. The van der Waals surface area contributed by atoms with Gasteiger partial charge >= 0.3 is 0 Å². The van der Waals surface area contributed by atoms with E-state index in [2.05, 4.69) is 32.7 Å². The first kappa shape index (κ1) is 19.9. The summed E-state index contributed by atoms with van der Waals surface area (Å²) in [6.07, 6.45) is 0. The van der Waals surface area contributed by atoms with Crippen LogP contribution in [-0.2, 0) is 12.3 Å². The number of thiazole rings is 1. The number of para-hydroxylation sites is 1. The van der Waals surface area contributed by atoms with Gasteiger partial charge < -0.3 is 4.57 Å². The molecule has 3 aromatic heterocycles. The molecule has 0 N–H and O–H groups in total. The first-order valence-electron chi connectivity index (χ1n) is 8.46. The number of rotatable bonds is 8. The van der Waals surface area contributed by atoms with Gasteiger partial charge in [-0.1, -0.05) is 47.3 Å². The SMILES string of the molecule is CCn1c(CSc2nc3ccccc3s2)nnc1SCC(=O)c1ccc(Cl)s1. The van der Waals surface area contributed by atoms with Crippen LogP contribution in [0, 0.1) is 0 Å². The zero-order chi connectivity index (χ0) is 19.5. The van der Waals surface area contributed by atoms with Gasteiger partial charge in [-0.15, -0.1) is 32.9 Å². The van der Waals surface area contributed by atoms with Crippen molar-refractivity contribution in [1.29, 1.82) is 0 Å². The molecule has 144 valence electrons. The molecule has 4 aromatic rings. The summed E-state index contributed by atoms with van der Waals surface area (Å²) in [5.74, 6) is 1.95. The molecule has 0 fully saturated rings. The van der Waals surface area contributed by atoms with Gasteiger partial charge in [0.1, 0.15) is 5.82 Å². The summed E-state index contributed by atoms with van der Waals surface area (Å²) < 4.78 is 4.88. The lowest BCUT2D eigenvalue weighted by atomic mass is 10.3. The second kappa shape index (κ2) is 8.96. The molecule has 0 saturated heterocycles. The third-order valence-corrected chi connectivity index (χ3v) is 8.30. The van der Waals surface area contributed by atoms with Crippen LogP contribution in [-0.4, -0.2) is 31.3 Å². The summed E-state index contributed by atoms with van der Waals surface area (Å²) in [4.78, 5) is 17.6. The fourth-order valence-corrected chi connectivity index (χ4v) is 6.54. The van der Waals surface area contributed by atoms with Crippen molar-refractivity contribution in [3.63, 3.8) is 0 Å². The first-order valence-corrected chi connectivity index (χ1v) is 12.4. The maximum Gasteiger partial charge on any atom is 0.191 e. The monoisotopic (exact) mass is 466 g/mol. The molecule has 3 heterocycles. The average molecular weight is 467 g/mol. The van der Waals surface area contributed by atoms with E-state index in [0.29, 0.717) is 20.7 Å². The van der Waals surface area contributed by atoms with Crippen molar-refractivity contribution in [3.05, 3.63) is 51.4 Å². The number of ketones is 1. The molecule has 0 aliphatic carbocycles. The minimum absolute atomic E-state index is 0.0537. The second-order valence-electron chi connectivity index (χ2n) is 5.69. The lowest BCUT2D eigenvalue weighted by Crippen LogP contribution is -2.05. The standard InChI is InChI=1S/C18H15ClN4OS4/c1-2-23-16(10-26-18-20-11-5-3-4-6-13(11)28-18)21-22-17(23)25-9-12(24)14-7-8-15(19)27-14/h3-8H,2,9-10H2,1H3. The molecule has 0 saturated carbocycles. The van der Waals surface area contributed by atoms with Crippen molar-refractivity contribution in [1.82, 2.24) is 19.7 Å². The number of fused-ring (bicyclic) bond motifs is 1. The molecule has 0 aliphatic heterocycles. The second-order valence-corrected chi connectivity index (χ2v) is 10.6. The number of hydrogen-bond donors (Lipinski definition) is 0. The highest BCUT2D eigenvalue weighted by Gasteiger charge is 2.16. The predicted octanol–water partition coefficient (Wildman–Crippen LogP) is 5.89. The topological polar surface area (TPSA) is 60.7 Å². The summed E-state index contributed by atoms with van der Waals surface area (Å²) in [5.41, 5.74) is 1.02. The van der Waals surface area contributed by atoms with Gasteiger partial charge in [0.05, 0.1) is 30.9 Å². The number of halogens is 1. The molecule has 0 spiro atoms. The third-order valence-electron chi connectivity index (χ3n) is 3.89. The molecule has 0 radical (unpaired) electrons. The summed E-state index contributed by atoms with van der Waals surface area (Å²) >= 11 is 12.0. The maximum atomic E-state index is 12.3. The normalized spacial score (nSPS) is 11.4. The van der Waals surface area contributed by atoms with Crippen molar-refractivity contribution < 1.29 is 4.79 Å². The highest BCUT2D eigenvalue weighted by atomic mass is 35.5. The number of carbonyl (C=O) groups excluding carboxylic acids is 1. The summed E-state index contributed by atoms with van der Waals surface area (Å²) in [5, 5.41) is 9.38. The van der Waals surface area contributed by atoms with Crippen LogP contribution in [0.1, 0.15) is 22.4 Å². The number of benzene rings is 1. The molecule has 0 amide bonds. The highest BCUT2D eigenvalue weighted by molar-refractivity contribution is 8.00. The predicted molar refractivity (Wildman–Crippen MR) is 119 cm³/mol. The Morgan fingerprint density at radius 1 is 1.14 bits per heavy atom. The zero-order valence-electron chi connectivity index (χ0n) is 14.8. The largest absolute Gasteiger partial charge is 0.306 e. The van der Waals surface area contributed by atoms with Gasteiger partial charge in [-0.3, -0.25) is 4.79 Å². The molecule has 28 heavy (non-hydrogen) atoms. The Bertz CT molecular complexity index is 1090. The van der Waals surface area contributed by atoms with Gasteiger partial charge in [0.15, 0.2) is 15.3 Å². The van der Waals surface area contributed by atoms with Crippen LogP contribution in [0.15, 0.2) is 45.9 Å². The fourth-order valence-electron chi connectivity index (χ4n) is 2.55. The molecular weight excluding hydrogens is 452 g/mol. The summed E-state index contributed by atoms with van der Waals surface area (Å²) in [6, 6.07) is 11.6. The number of carbonyl (C=O) groups is 1. The summed E-state index contributed by atoms with van der Waals surface area (Å²) in [6.45, 7) is 2.81. The molecule has 0 bridgehead atoms. The van der Waals surface area contributed by atoms with Crippen molar-refractivity contribution in [2.75, 3.05) is 5.75 Å². The van der Waals surface area contributed by atoms with Gasteiger partial charge in [0, 0.05) is 6.54 Å². The average Bonchev–Trinajstić information content (AvgIpc) is 3.41. The Morgan fingerprint density at radius 3 is 2.75 bits per heavy atom. The van der Waals surface area contributed by atoms with E-state index in [-0.39, 0.29) is 5.78 Å². The van der Waals surface area contributed by atoms with Gasteiger partial charge in [0.2, 0.25) is 0 Å². The van der Waals surface area contributed by atoms with E-state index in [1.165, 1.54) is 27.8 Å². The molecule has 0 unspecified atom stereocenters. The Hall–Kier alpha value is -1.39. The van der Waals surface area contributed by atoms with Crippen LogP contribution in [0.5, 0.6) is 0 Å². The number of thioether (sulfide) groups is 2. The molecule has 4 rings (SSSR count). The molecule has 1 aromatic carbocycles. The Labute approximate surface area is 183 Å². The summed E-state index contributed by atoms with van der Waals surface area (Å²) in [7, 11) is 0. The van der Waals surface area contributed by atoms with Gasteiger partial charge in [-0.05, 0) is 31.2 Å². The molecule has 0 aliphatic rings. The van der Waals surface area contributed by atoms with Crippen molar-refractivity contribution in [3.8, 4) is 0 Å². The molecule has 5 nitrogen and oxygen atoms in total. The minimum Gasteiger partial charge on any atom is -0.306 e. The van der Waals surface area contributed by atoms with E-state index >= 15 is 0 Å². The molecule has 0 atom stereocenters. The Balaban J connectivity index is 1.41. The van der Waals surface area contributed by atoms with E-state index in [0.717, 1.165) is 27.4 Å².